The fourth-order valence-corrected chi connectivity index (χ4v) is 3.08. The van der Waals surface area contributed by atoms with Crippen molar-refractivity contribution in [3.63, 3.8) is 0 Å². The quantitative estimate of drug-likeness (QED) is 0.897. The van der Waals surface area contributed by atoms with Crippen molar-refractivity contribution in [2.24, 2.45) is 0 Å². The minimum absolute atomic E-state index is 0.579. The van der Waals surface area contributed by atoms with Crippen LogP contribution >= 0.6 is 0 Å². The summed E-state index contributed by atoms with van der Waals surface area (Å²) in [5, 5.41) is 11.4. The maximum atomic E-state index is 5.25. The lowest BCUT2D eigenvalue weighted by Crippen LogP contribution is -2.21. The van der Waals surface area contributed by atoms with Crippen LogP contribution in [-0.4, -0.2) is 16.2 Å². The van der Waals surface area contributed by atoms with Gasteiger partial charge >= 0.3 is 0 Å². The number of hydrogen-bond donors (Lipinski definition) is 1. The molecule has 2 aromatic rings. The van der Waals surface area contributed by atoms with Crippen molar-refractivity contribution >= 4 is 5.69 Å². The third-order valence-electron chi connectivity index (χ3n) is 4.30. The molecule has 1 aliphatic carbocycles. The third-order valence-corrected chi connectivity index (χ3v) is 4.30. The largest absolute Gasteiger partial charge is 0.423 e. The van der Waals surface area contributed by atoms with E-state index >= 15 is 0 Å². The van der Waals surface area contributed by atoms with Gasteiger partial charge in [-0.3, -0.25) is 0 Å². The fraction of sp³-hybridized carbons (Fsp3) is 0.529. The standard InChI is InChI=1S/C17H23N3O/c1-13-11-14(17-20-18-12-21-17)9-10-16(13)19-15-7-5-3-2-4-6-8-15/h9-12,15,19H,2-8H2,1H3. The second kappa shape index (κ2) is 6.74. The first-order valence-electron chi connectivity index (χ1n) is 7.96. The Hall–Kier alpha value is -1.84. The molecule has 0 amide bonds. The Morgan fingerprint density at radius 2 is 1.86 bits per heavy atom. The maximum absolute atomic E-state index is 5.25. The smallest absolute Gasteiger partial charge is 0.247 e. The van der Waals surface area contributed by atoms with Gasteiger partial charge in [-0.15, -0.1) is 10.2 Å². The first kappa shape index (κ1) is 14.1. The fourth-order valence-electron chi connectivity index (χ4n) is 3.08. The van der Waals surface area contributed by atoms with Gasteiger partial charge in [0, 0.05) is 17.3 Å². The van der Waals surface area contributed by atoms with E-state index in [1.807, 2.05) is 6.07 Å². The highest BCUT2D eigenvalue weighted by molar-refractivity contribution is 5.62. The summed E-state index contributed by atoms with van der Waals surface area (Å²) < 4.78 is 5.25. The Labute approximate surface area is 126 Å². The lowest BCUT2D eigenvalue weighted by molar-refractivity contribution is 0.471. The van der Waals surface area contributed by atoms with E-state index in [-0.39, 0.29) is 0 Å². The highest BCUT2D eigenvalue weighted by atomic mass is 16.4. The van der Waals surface area contributed by atoms with Crippen LogP contribution in [0.5, 0.6) is 0 Å². The van der Waals surface area contributed by atoms with Crippen molar-refractivity contribution in [2.75, 3.05) is 5.32 Å². The summed E-state index contributed by atoms with van der Waals surface area (Å²) in [6.45, 7) is 2.13. The number of nitrogens with one attached hydrogen (secondary N) is 1. The highest BCUT2D eigenvalue weighted by Crippen LogP contribution is 2.26. The van der Waals surface area contributed by atoms with Crippen LogP contribution in [0.25, 0.3) is 11.5 Å². The van der Waals surface area contributed by atoms with Crippen LogP contribution in [0.1, 0.15) is 50.5 Å². The van der Waals surface area contributed by atoms with Crippen molar-refractivity contribution in [3.05, 3.63) is 30.2 Å². The Balaban J connectivity index is 1.70. The van der Waals surface area contributed by atoms with Crippen LogP contribution in [0.4, 0.5) is 5.69 Å². The van der Waals surface area contributed by atoms with E-state index in [9.17, 15) is 0 Å². The molecule has 1 fully saturated rings. The Kier molecular flexibility index (Phi) is 4.53. The van der Waals surface area contributed by atoms with E-state index in [0.29, 0.717) is 11.9 Å². The van der Waals surface area contributed by atoms with Gasteiger partial charge < -0.3 is 9.73 Å². The molecule has 21 heavy (non-hydrogen) atoms. The molecule has 112 valence electrons. The molecule has 0 atom stereocenters. The number of hydrogen-bond acceptors (Lipinski definition) is 4. The molecule has 0 bridgehead atoms. The highest BCUT2D eigenvalue weighted by Gasteiger charge is 2.13. The summed E-state index contributed by atoms with van der Waals surface area (Å²) in [6, 6.07) is 6.90. The van der Waals surface area contributed by atoms with Gasteiger partial charge in [0.05, 0.1) is 0 Å². The summed E-state index contributed by atoms with van der Waals surface area (Å²) in [6.07, 6.45) is 10.8. The van der Waals surface area contributed by atoms with Gasteiger partial charge in [0.15, 0.2) is 0 Å². The number of anilines is 1. The van der Waals surface area contributed by atoms with Crippen LogP contribution in [0.15, 0.2) is 29.0 Å². The number of nitrogens with zero attached hydrogens (tertiary/aromatic N) is 2. The molecule has 1 aromatic heterocycles. The topological polar surface area (TPSA) is 51.0 Å². The molecule has 1 heterocycles. The van der Waals surface area contributed by atoms with Crippen LogP contribution in [0, 0.1) is 6.92 Å². The molecule has 1 N–H and O–H groups in total. The van der Waals surface area contributed by atoms with Gasteiger partial charge in [0.1, 0.15) is 0 Å². The second-order valence-electron chi connectivity index (χ2n) is 5.96. The molecule has 1 saturated carbocycles. The monoisotopic (exact) mass is 285 g/mol. The summed E-state index contributed by atoms with van der Waals surface area (Å²) in [5.74, 6) is 0.579. The first-order chi connectivity index (χ1) is 10.3. The lowest BCUT2D eigenvalue weighted by atomic mass is 9.96. The van der Waals surface area contributed by atoms with Crippen molar-refractivity contribution in [1.82, 2.24) is 10.2 Å². The summed E-state index contributed by atoms with van der Waals surface area (Å²) in [5.41, 5.74) is 3.44. The zero-order valence-corrected chi connectivity index (χ0v) is 12.6. The van der Waals surface area contributed by atoms with Crippen molar-refractivity contribution < 1.29 is 4.42 Å². The van der Waals surface area contributed by atoms with E-state index in [4.69, 9.17) is 4.42 Å². The lowest BCUT2D eigenvalue weighted by Gasteiger charge is -2.23. The minimum Gasteiger partial charge on any atom is -0.423 e. The van der Waals surface area contributed by atoms with Crippen molar-refractivity contribution in [2.45, 2.75) is 57.9 Å². The van der Waals surface area contributed by atoms with Gasteiger partial charge in [0.2, 0.25) is 12.3 Å². The molecule has 4 nitrogen and oxygen atoms in total. The minimum atomic E-state index is 0.579. The summed E-state index contributed by atoms with van der Waals surface area (Å²) >= 11 is 0. The zero-order valence-electron chi connectivity index (χ0n) is 12.6. The molecule has 0 radical (unpaired) electrons. The van der Waals surface area contributed by atoms with Crippen molar-refractivity contribution in [1.29, 1.82) is 0 Å². The van der Waals surface area contributed by atoms with E-state index in [0.717, 1.165) is 5.56 Å². The molecule has 0 unspecified atom stereocenters. The van der Waals surface area contributed by atoms with Gasteiger partial charge in [-0.1, -0.05) is 32.1 Å². The summed E-state index contributed by atoms with van der Waals surface area (Å²) in [4.78, 5) is 0. The molecule has 4 heteroatoms. The molecular weight excluding hydrogens is 262 g/mol. The first-order valence-corrected chi connectivity index (χ1v) is 7.96. The predicted octanol–water partition coefficient (Wildman–Crippen LogP) is 4.57. The van der Waals surface area contributed by atoms with Gasteiger partial charge in [0.25, 0.3) is 0 Å². The van der Waals surface area contributed by atoms with Gasteiger partial charge in [-0.2, -0.15) is 0 Å². The van der Waals surface area contributed by atoms with Gasteiger partial charge in [-0.05, 0) is 43.5 Å². The van der Waals surface area contributed by atoms with Crippen LogP contribution in [-0.2, 0) is 0 Å². The normalized spacial score (nSPS) is 17.2. The van der Waals surface area contributed by atoms with E-state index < -0.39 is 0 Å². The molecule has 1 aromatic carbocycles. The van der Waals surface area contributed by atoms with Gasteiger partial charge in [-0.25, -0.2) is 0 Å². The molecule has 0 spiro atoms. The average Bonchev–Trinajstić information content (AvgIpc) is 2.97. The Bertz CT molecular complexity index is 557. The van der Waals surface area contributed by atoms with Crippen LogP contribution < -0.4 is 5.32 Å². The second-order valence-corrected chi connectivity index (χ2v) is 5.96. The zero-order chi connectivity index (χ0) is 14.5. The van der Waals surface area contributed by atoms with Crippen LogP contribution in [0.2, 0.25) is 0 Å². The van der Waals surface area contributed by atoms with Crippen molar-refractivity contribution in [3.8, 4) is 11.5 Å². The predicted molar refractivity (Wildman–Crippen MR) is 84.2 cm³/mol. The molecule has 0 saturated heterocycles. The average molecular weight is 285 g/mol. The molecular formula is C17H23N3O. The van der Waals surface area contributed by atoms with E-state index in [1.165, 1.54) is 62.6 Å². The number of aromatic nitrogens is 2. The number of aryl methyl sites for hydroxylation is 1. The number of benzene rings is 1. The Morgan fingerprint density at radius 3 is 2.52 bits per heavy atom. The molecule has 3 rings (SSSR count). The molecule has 0 aliphatic heterocycles. The number of rotatable bonds is 3. The van der Waals surface area contributed by atoms with E-state index in [1.54, 1.807) is 0 Å². The summed E-state index contributed by atoms with van der Waals surface area (Å²) in [7, 11) is 0. The van der Waals surface area contributed by atoms with Crippen LogP contribution in [0.3, 0.4) is 0 Å². The van der Waals surface area contributed by atoms with E-state index in [2.05, 4.69) is 34.6 Å². The Morgan fingerprint density at radius 1 is 1.10 bits per heavy atom. The maximum Gasteiger partial charge on any atom is 0.247 e. The SMILES string of the molecule is Cc1cc(-c2nnco2)ccc1NC1CCCCCCC1. The third kappa shape index (κ3) is 3.63. The molecule has 1 aliphatic rings.